The van der Waals surface area contributed by atoms with Crippen molar-refractivity contribution in [3.63, 3.8) is 0 Å². The summed E-state index contributed by atoms with van der Waals surface area (Å²) < 4.78 is 0. The van der Waals surface area contributed by atoms with Crippen molar-refractivity contribution in [1.82, 2.24) is 4.90 Å². The van der Waals surface area contributed by atoms with E-state index >= 15 is 0 Å². The van der Waals surface area contributed by atoms with Crippen LogP contribution < -0.4 is 0 Å². The SMILES string of the molecule is C[C@@H]1CCC[C@H](C)N1C(=O)C1CC=CCC1C(=O)O. The molecule has 4 heteroatoms. The molecule has 0 bridgehead atoms. The Bertz CT molecular complexity index is 381. The van der Waals surface area contributed by atoms with Crippen molar-refractivity contribution in [2.45, 2.75) is 58.0 Å². The summed E-state index contributed by atoms with van der Waals surface area (Å²) in [5, 5.41) is 9.28. The van der Waals surface area contributed by atoms with Gasteiger partial charge in [-0.2, -0.15) is 0 Å². The zero-order valence-electron chi connectivity index (χ0n) is 11.7. The van der Waals surface area contributed by atoms with E-state index in [4.69, 9.17) is 0 Å². The Kier molecular flexibility index (Phi) is 4.27. The lowest BCUT2D eigenvalue weighted by Gasteiger charge is -2.42. The highest BCUT2D eigenvalue weighted by Crippen LogP contribution is 2.32. The van der Waals surface area contributed by atoms with E-state index in [0.29, 0.717) is 12.8 Å². The van der Waals surface area contributed by atoms with E-state index in [2.05, 4.69) is 13.8 Å². The van der Waals surface area contributed by atoms with Gasteiger partial charge in [-0.1, -0.05) is 12.2 Å². The number of carbonyl (C=O) groups is 2. The topological polar surface area (TPSA) is 57.6 Å². The lowest BCUT2D eigenvalue weighted by Crippen LogP contribution is -2.51. The third-order valence-corrected chi connectivity index (χ3v) is 4.51. The summed E-state index contributed by atoms with van der Waals surface area (Å²) in [7, 11) is 0. The highest BCUT2D eigenvalue weighted by molar-refractivity contribution is 5.85. The molecule has 2 unspecified atom stereocenters. The van der Waals surface area contributed by atoms with Crippen molar-refractivity contribution < 1.29 is 14.7 Å². The lowest BCUT2D eigenvalue weighted by atomic mass is 9.81. The smallest absolute Gasteiger partial charge is 0.307 e. The molecule has 0 aromatic heterocycles. The van der Waals surface area contributed by atoms with E-state index in [1.807, 2.05) is 17.1 Å². The fourth-order valence-corrected chi connectivity index (χ4v) is 3.41. The summed E-state index contributed by atoms with van der Waals surface area (Å²) in [6, 6.07) is 0.466. The van der Waals surface area contributed by atoms with Crippen LogP contribution in [0.3, 0.4) is 0 Å². The average molecular weight is 265 g/mol. The van der Waals surface area contributed by atoms with Crippen LogP contribution in [0.5, 0.6) is 0 Å². The van der Waals surface area contributed by atoms with Gasteiger partial charge in [-0.3, -0.25) is 9.59 Å². The second-order valence-corrected chi connectivity index (χ2v) is 5.87. The molecule has 1 N–H and O–H groups in total. The summed E-state index contributed by atoms with van der Waals surface area (Å²) in [6.07, 6.45) is 8.06. The van der Waals surface area contributed by atoms with E-state index in [0.717, 1.165) is 19.3 Å². The van der Waals surface area contributed by atoms with E-state index in [1.165, 1.54) is 0 Å². The van der Waals surface area contributed by atoms with E-state index in [-0.39, 0.29) is 23.9 Å². The molecule has 19 heavy (non-hydrogen) atoms. The Morgan fingerprint density at radius 1 is 1.05 bits per heavy atom. The molecular weight excluding hydrogens is 242 g/mol. The van der Waals surface area contributed by atoms with Crippen LogP contribution in [-0.2, 0) is 9.59 Å². The van der Waals surface area contributed by atoms with Crippen LogP contribution in [0.1, 0.15) is 46.0 Å². The molecule has 0 aromatic carbocycles. The van der Waals surface area contributed by atoms with Gasteiger partial charge < -0.3 is 10.0 Å². The number of rotatable bonds is 2. The monoisotopic (exact) mass is 265 g/mol. The van der Waals surface area contributed by atoms with Crippen molar-refractivity contribution in [3.8, 4) is 0 Å². The normalized spacial score (nSPS) is 35.2. The van der Waals surface area contributed by atoms with Crippen LogP contribution in [-0.4, -0.2) is 34.0 Å². The molecule has 1 aliphatic carbocycles. The Balaban J connectivity index is 2.17. The van der Waals surface area contributed by atoms with Crippen molar-refractivity contribution in [3.05, 3.63) is 12.2 Å². The first-order valence-corrected chi connectivity index (χ1v) is 7.22. The molecule has 1 saturated heterocycles. The Hall–Kier alpha value is -1.32. The van der Waals surface area contributed by atoms with Crippen molar-refractivity contribution in [2.75, 3.05) is 0 Å². The van der Waals surface area contributed by atoms with Gasteiger partial charge in [0.25, 0.3) is 0 Å². The van der Waals surface area contributed by atoms with Gasteiger partial charge in [0.05, 0.1) is 11.8 Å². The first kappa shape index (κ1) is 14.1. The van der Waals surface area contributed by atoms with Crippen molar-refractivity contribution in [1.29, 1.82) is 0 Å². The van der Waals surface area contributed by atoms with Gasteiger partial charge >= 0.3 is 5.97 Å². The number of carbonyl (C=O) groups excluding carboxylic acids is 1. The molecule has 4 atom stereocenters. The first-order chi connectivity index (χ1) is 9.02. The predicted molar refractivity (Wildman–Crippen MR) is 72.6 cm³/mol. The van der Waals surface area contributed by atoms with Crippen molar-refractivity contribution in [2.24, 2.45) is 11.8 Å². The minimum Gasteiger partial charge on any atom is -0.481 e. The highest BCUT2D eigenvalue weighted by atomic mass is 16.4. The minimum atomic E-state index is -0.847. The molecule has 0 aromatic rings. The summed E-state index contributed by atoms with van der Waals surface area (Å²) in [4.78, 5) is 26.0. The molecule has 4 nitrogen and oxygen atoms in total. The number of amides is 1. The zero-order valence-corrected chi connectivity index (χ0v) is 11.7. The molecule has 0 saturated carbocycles. The number of likely N-dealkylation sites (tertiary alicyclic amines) is 1. The van der Waals surface area contributed by atoms with Gasteiger partial charge in [0, 0.05) is 12.1 Å². The number of carboxylic acids is 1. The largest absolute Gasteiger partial charge is 0.481 e. The van der Waals surface area contributed by atoms with E-state index in [9.17, 15) is 14.7 Å². The number of carboxylic acid groups (broad SMARTS) is 1. The summed E-state index contributed by atoms with van der Waals surface area (Å²) >= 11 is 0. The fraction of sp³-hybridized carbons (Fsp3) is 0.733. The summed E-state index contributed by atoms with van der Waals surface area (Å²) in [6.45, 7) is 4.14. The number of nitrogens with zero attached hydrogens (tertiary/aromatic N) is 1. The van der Waals surface area contributed by atoms with Gasteiger partial charge in [-0.05, 0) is 46.0 Å². The average Bonchev–Trinajstić information content (AvgIpc) is 2.38. The molecule has 1 heterocycles. The fourth-order valence-electron chi connectivity index (χ4n) is 3.41. The van der Waals surface area contributed by atoms with Crippen LogP contribution in [0, 0.1) is 11.8 Å². The predicted octanol–water partition coefficient (Wildman–Crippen LogP) is 2.44. The maximum absolute atomic E-state index is 12.7. The molecule has 2 aliphatic rings. The molecule has 0 radical (unpaired) electrons. The minimum absolute atomic E-state index is 0.0384. The van der Waals surface area contributed by atoms with Gasteiger partial charge in [-0.15, -0.1) is 0 Å². The molecule has 1 fully saturated rings. The number of piperidine rings is 1. The molecular formula is C15H23NO3. The number of hydrogen-bond donors (Lipinski definition) is 1. The molecule has 0 spiro atoms. The van der Waals surface area contributed by atoms with E-state index in [1.54, 1.807) is 0 Å². The molecule has 1 amide bonds. The van der Waals surface area contributed by atoms with Crippen LogP contribution in [0.15, 0.2) is 12.2 Å². The summed E-state index contributed by atoms with van der Waals surface area (Å²) in [5.74, 6) is -1.75. The second kappa shape index (κ2) is 5.76. The standard InChI is InChI=1S/C15H23NO3/c1-10-6-5-7-11(2)16(10)14(17)12-8-3-4-9-13(12)15(18)19/h3-4,10-13H,5-9H2,1-2H3,(H,18,19)/t10-,11+,12?,13?. The third-order valence-electron chi connectivity index (χ3n) is 4.51. The molecule has 2 rings (SSSR count). The zero-order chi connectivity index (χ0) is 14.0. The van der Waals surface area contributed by atoms with Crippen LogP contribution >= 0.6 is 0 Å². The van der Waals surface area contributed by atoms with Gasteiger partial charge in [0.2, 0.25) is 5.91 Å². The Labute approximate surface area is 114 Å². The summed E-state index contributed by atoms with van der Waals surface area (Å²) in [5.41, 5.74) is 0. The van der Waals surface area contributed by atoms with Crippen LogP contribution in [0.25, 0.3) is 0 Å². The number of aliphatic carboxylic acids is 1. The third kappa shape index (κ3) is 2.82. The quantitative estimate of drug-likeness (QED) is 0.780. The Morgan fingerprint density at radius 3 is 2.11 bits per heavy atom. The highest BCUT2D eigenvalue weighted by Gasteiger charge is 2.39. The van der Waals surface area contributed by atoms with E-state index < -0.39 is 11.9 Å². The van der Waals surface area contributed by atoms with Gasteiger partial charge in [0.1, 0.15) is 0 Å². The number of allylic oxidation sites excluding steroid dienone is 2. The molecule has 1 aliphatic heterocycles. The van der Waals surface area contributed by atoms with Crippen molar-refractivity contribution >= 4 is 11.9 Å². The maximum atomic E-state index is 12.7. The number of hydrogen-bond acceptors (Lipinski definition) is 2. The Morgan fingerprint density at radius 2 is 1.58 bits per heavy atom. The maximum Gasteiger partial charge on any atom is 0.307 e. The van der Waals surface area contributed by atoms with Crippen LogP contribution in [0.4, 0.5) is 0 Å². The van der Waals surface area contributed by atoms with Crippen LogP contribution in [0.2, 0.25) is 0 Å². The first-order valence-electron chi connectivity index (χ1n) is 7.22. The lowest BCUT2D eigenvalue weighted by molar-refractivity contribution is -0.153. The van der Waals surface area contributed by atoms with Gasteiger partial charge in [-0.25, -0.2) is 0 Å². The molecule has 106 valence electrons. The van der Waals surface area contributed by atoms with Gasteiger partial charge in [0.15, 0.2) is 0 Å². The second-order valence-electron chi connectivity index (χ2n) is 5.87.